The van der Waals surface area contributed by atoms with Crippen LogP contribution in [0.15, 0.2) is 0 Å². The third-order valence-corrected chi connectivity index (χ3v) is 2.22. The third-order valence-electron chi connectivity index (χ3n) is 2.22. The zero-order chi connectivity index (χ0) is 3.98. The van der Waals surface area contributed by atoms with Gasteiger partial charge in [0, 0.05) is 0 Å². The summed E-state index contributed by atoms with van der Waals surface area (Å²) >= 11 is 0. The van der Waals surface area contributed by atoms with Crippen molar-refractivity contribution in [2.75, 3.05) is 0 Å². The molecule has 2 aliphatic rings. The SMILES string of the molecule is C1CC2C[C@@H]2C1. The predicted molar refractivity (Wildman–Crippen MR) is 25.4 cm³/mol. The van der Waals surface area contributed by atoms with Crippen LogP contribution in [0, 0.1) is 11.8 Å². The van der Waals surface area contributed by atoms with Crippen molar-refractivity contribution in [2.45, 2.75) is 25.7 Å². The van der Waals surface area contributed by atoms with Crippen molar-refractivity contribution in [1.29, 1.82) is 0 Å². The molecule has 0 N–H and O–H groups in total. The lowest BCUT2D eigenvalue weighted by molar-refractivity contribution is 0.735. The Morgan fingerprint density at radius 3 is 1.83 bits per heavy atom. The van der Waals surface area contributed by atoms with E-state index in [-0.39, 0.29) is 0 Å². The minimum atomic E-state index is 1.21. The molecule has 0 saturated heterocycles. The predicted octanol–water partition coefficient (Wildman–Crippen LogP) is 1.81. The zero-order valence-electron chi connectivity index (χ0n) is 3.98. The molecule has 0 nitrogen and oxygen atoms in total. The summed E-state index contributed by atoms with van der Waals surface area (Å²) in [6.45, 7) is 0. The molecule has 0 heterocycles. The van der Waals surface area contributed by atoms with Crippen molar-refractivity contribution in [3.05, 3.63) is 0 Å². The van der Waals surface area contributed by atoms with Crippen LogP contribution in [0.3, 0.4) is 0 Å². The van der Waals surface area contributed by atoms with E-state index in [0.717, 1.165) is 0 Å². The highest BCUT2D eigenvalue weighted by atomic mass is 14.5. The molecule has 2 atom stereocenters. The van der Waals surface area contributed by atoms with Gasteiger partial charge in [0.2, 0.25) is 0 Å². The molecule has 2 rings (SSSR count). The van der Waals surface area contributed by atoms with Crippen LogP contribution in [-0.2, 0) is 0 Å². The Labute approximate surface area is 38.6 Å². The molecular weight excluding hydrogens is 72.1 g/mol. The Bertz CT molecular complexity index is 58.4. The highest BCUT2D eigenvalue weighted by Gasteiger charge is 2.40. The number of fused-ring (bicyclic) bond motifs is 1. The molecule has 6 heavy (non-hydrogen) atoms. The van der Waals surface area contributed by atoms with Gasteiger partial charge in [-0.05, 0) is 18.3 Å². The molecule has 0 aromatic rings. The summed E-state index contributed by atoms with van der Waals surface area (Å²) in [5.74, 6) is 2.43. The van der Waals surface area contributed by atoms with E-state index >= 15 is 0 Å². The van der Waals surface area contributed by atoms with Crippen LogP contribution in [0.5, 0.6) is 0 Å². The van der Waals surface area contributed by atoms with E-state index in [0.29, 0.717) is 0 Å². The molecule has 2 saturated carbocycles. The van der Waals surface area contributed by atoms with Gasteiger partial charge in [0.05, 0.1) is 0 Å². The van der Waals surface area contributed by atoms with Gasteiger partial charge < -0.3 is 0 Å². The van der Waals surface area contributed by atoms with Gasteiger partial charge in [0.15, 0.2) is 0 Å². The van der Waals surface area contributed by atoms with Gasteiger partial charge in [-0.3, -0.25) is 0 Å². The Morgan fingerprint density at radius 2 is 1.67 bits per heavy atom. The van der Waals surface area contributed by atoms with Gasteiger partial charge in [-0.1, -0.05) is 19.3 Å². The molecule has 0 bridgehead atoms. The van der Waals surface area contributed by atoms with Crippen molar-refractivity contribution in [3.63, 3.8) is 0 Å². The van der Waals surface area contributed by atoms with Crippen LogP contribution in [0.2, 0.25) is 0 Å². The lowest BCUT2D eigenvalue weighted by atomic mass is 10.3. The van der Waals surface area contributed by atoms with Crippen LogP contribution in [-0.4, -0.2) is 0 Å². The van der Waals surface area contributed by atoms with Crippen molar-refractivity contribution in [2.24, 2.45) is 11.8 Å². The summed E-state index contributed by atoms with van der Waals surface area (Å²) in [4.78, 5) is 0. The van der Waals surface area contributed by atoms with Gasteiger partial charge in [-0.2, -0.15) is 0 Å². The lowest BCUT2D eigenvalue weighted by Crippen LogP contribution is -1.64. The molecular formula is C6H10. The molecule has 0 heteroatoms. The van der Waals surface area contributed by atoms with Crippen LogP contribution in [0.25, 0.3) is 0 Å². The summed E-state index contributed by atoms with van der Waals surface area (Å²) in [5.41, 5.74) is 0. The third kappa shape index (κ3) is 0.250. The first-order valence-corrected chi connectivity index (χ1v) is 2.97. The van der Waals surface area contributed by atoms with Gasteiger partial charge >= 0.3 is 0 Å². The normalized spacial score (nSPS) is 52.0. The van der Waals surface area contributed by atoms with Crippen molar-refractivity contribution < 1.29 is 0 Å². The second-order valence-corrected chi connectivity index (χ2v) is 2.69. The van der Waals surface area contributed by atoms with E-state index in [4.69, 9.17) is 0 Å². The van der Waals surface area contributed by atoms with E-state index in [1.807, 2.05) is 0 Å². The molecule has 0 radical (unpaired) electrons. The number of hydrogen-bond acceptors (Lipinski definition) is 0. The Morgan fingerprint density at radius 1 is 1.00 bits per heavy atom. The van der Waals surface area contributed by atoms with Crippen molar-refractivity contribution >= 4 is 0 Å². The first-order chi connectivity index (χ1) is 2.97. The highest BCUT2D eigenvalue weighted by molar-refractivity contribution is 4.91. The smallest absolute Gasteiger partial charge is 0.0383 e. The number of rotatable bonds is 0. The Balaban J connectivity index is 2.09. The van der Waals surface area contributed by atoms with Crippen LogP contribution < -0.4 is 0 Å². The van der Waals surface area contributed by atoms with E-state index in [2.05, 4.69) is 0 Å². The number of hydrogen-bond donors (Lipinski definition) is 0. The fraction of sp³-hybridized carbons (Fsp3) is 1.00. The lowest BCUT2D eigenvalue weighted by Gasteiger charge is -1.80. The summed E-state index contributed by atoms with van der Waals surface area (Å²) in [6, 6.07) is 0. The van der Waals surface area contributed by atoms with E-state index in [1.165, 1.54) is 18.3 Å². The van der Waals surface area contributed by atoms with Crippen molar-refractivity contribution in [1.82, 2.24) is 0 Å². The van der Waals surface area contributed by atoms with Crippen molar-refractivity contribution in [3.8, 4) is 0 Å². The van der Waals surface area contributed by atoms with Crippen LogP contribution >= 0.6 is 0 Å². The zero-order valence-corrected chi connectivity index (χ0v) is 3.98. The summed E-state index contributed by atoms with van der Waals surface area (Å²) in [5, 5.41) is 0. The van der Waals surface area contributed by atoms with Gasteiger partial charge in [-0.15, -0.1) is 0 Å². The van der Waals surface area contributed by atoms with E-state index < -0.39 is 0 Å². The first-order valence-electron chi connectivity index (χ1n) is 2.97. The fourth-order valence-electron chi connectivity index (χ4n) is 1.66. The fourth-order valence-corrected chi connectivity index (χ4v) is 1.66. The largest absolute Gasteiger partial charge is 0.0528 e. The molecule has 34 valence electrons. The van der Waals surface area contributed by atoms with Crippen LogP contribution in [0.1, 0.15) is 25.7 Å². The monoisotopic (exact) mass is 82.1 g/mol. The van der Waals surface area contributed by atoms with E-state index in [1.54, 1.807) is 19.3 Å². The maximum Gasteiger partial charge on any atom is -0.0383 e. The minimum absolute atomic E-state index is 1.21. The van der Waals surface area contributed by atoms with Gasteiger partial charge in [-0.25, -0.2) is 0 Å². The quantitative estimate of drug-likeness (QED) is 0.418. The maximum absolute atomic E-state index is 1.58. The second-order valence-electron chi connectivity index (χ2n) is 2.69. The molecule has 0 aliphatic heterocycles. The minimum Gasteiger partial charge on any atom is -0.0528 e. The second kappa shape index (κ2) is 0.800. The van der Waals surface area contributed by atoms with Gasteiger partial charge in [0.25, 0.3) is 0 Å². The first kappa shape index (κ1) is 3.06. The molecule has 1 unspecified atom stereocenters. The van der Waals surface area contributed by atoms with Crippen LogP contribution in [0.4, 0.5) is 0 Å². The Hall–Kier alpha value is 0. The molecule has 0 aromatic carbocycles. The molecule has 0 amide bonds. The molecule has 0 spiro atoms. The molecule has 0 aromatic heterocycles. The summed E-state index contributed by atoms with van der Waals surface area (Å²) < 4.78 is 0. The van der Waals surface area contributed by atoms with Gasteiger partial charge in [0.1, 0.15) is 0 Å². The standard InChI is InChI=1S/C6H10/c1-2-5-4-6(5)3-1/h5-6H,1-4H2/t5-,6?/m0/s1. The highest BCUT2D eigenvalue weighted by Crippen LogP contribution is 2.51. The van der Waals surface area contributed by atoms with E-state index in [9.17, 15) is 0 Å². The molecule has 2 aliphatic carbocycles. The summed E-state index contributed by atoms with van der Waals surface area (Å²) in [6.07, 6.45) is 6.24. The average molecular weight is 82.1 g/mol. The Kier molecular flexibility index (Phi) is 0.408. The topological polar surface area (TPSA) is 0 Å². The summed E-state index contributed by atoms with van der Waals surface area (Å²) in [7, 11) is 0. The maximum atomic E-state index is 1.58. The average Bonchev–Trinajstić information content (AvgIpc) is 2.17. The molecule has 2 fully saturated rings.